The van der Waals surface area contributed by atoms with E-state index in [0.29, 0.717) is 6.42 Å². The van der Waals surface area contributed by atoms with Gasteiger partial charge < -0.3 is 19.4 Å². The molecule has 0 unspecified atom stereocenters. The maximum Gasteiger partial charge on any atom is 0.222 e. The number of piperidine rings is 1. The minimum Gasteiger partial charge on any atom is -0.497 e. The van der Waals surface area contributed by atoms with Crippen LogP contribution in [-0.4, -0.2) is 49.2 Å². The highest BCUT2D eigenvalue weighted by molar-refractivity contribution is 5.84. The summed E-state index contributed by atoms with van der Waals surface area (Å²) in [7, 11) is 1.68. The van der Waals surface area contributed by atoms with Gasteiger partial charge in [0.1, 0.15) is 5.75 Å². The van der Waals surface area contributed by atoms with E-state index in [1.54, 1.807) is 7.11 Å². The van der Waals surface area contributed by atoms with E-state index in [0.717, 1.165) is 56.8 Å². The van der Waals surface area contributed by atoms with Crippen LogP contribution in [0.1, 0.15) is 24.8 Å². The summed E-state index contributed by atoms with van der Waals surface area (Å²) in [5.74, 6) is 1.14. The number of carbonyl (C=O) groups excluding carboxylic acids is 1. The molecule has 1 aromatic carbocycles. The van der Waals surface area contributed by atoms with Gasteiger partial charge >= 0.3 is 0 Å². The van der Waals surface area contributed by atoms with Crippen LogP contribution in [0.2, 0.25) is 0 Å². The second kappa shape index (κ2) is 6.13. The first-order chi connectivity index (χ1) is 11.7. The largest absolute Gasteiger partial charge is 0.497 e. The zero-order valence-corrected chi connectivity index (χ0v) is 14.1. The molecular weight excluding hydrogens is 304 g/mol. The second-order valence-electron chi connectivity index (χ2n) is 7.09. The number of nitrogens with zero attached hydrogens (tertiary/aromatic N) is 1. The number of rotatable bonds is 4. The van der Waals surface area contributed by atoms with Gasteiger partial charge in [-0.15, -0.1) is 0 Å². The van der Waals surface area contributed by atoms with Gasteiger partial charge in [-0.2, -0.15) is 0 Å². The lowest BCUT2D eigenvalue weighted by molar-refractivity contribution is -0.137. The van der Waals surface area contributed by atoms with E-state index in [1.807, 2.05) is 23.2 Å². The van der Waals surface area contributed by atoms with Crippen molar-refractivity contribution in [3.05, 3.63) is 30.0 Å². The molecule has 5 nitrogen and oxygen atoms in total. The number of carbonyl (C=O) groups is 1. The van der Waals surface area contributed by atoms with Crippen LogP contribution in [0.25, 0.3) is 10.9 Å². The summed E-state index contributed by atoms with van der Waals surface area (Å²) < 4.78 is 10.9. The van der Waals surface area contributed by atoms with Crippen LogP contribution in [0.15, 0.2) is 24.4 Å². The average molecular weight is 328 g/mol. The van der Waals surface area contributed by atoms with Gasteiger partial charge in [0.25, 0.3) is 0 Å². The van der Waals surface area contributed by atoms with Gasteiger partial charge in [-0.05, 0) is 43.0 Å². The molecule has 24 heavy (non-hydrogen) atoms. The molecule has 0 saturated carbocycles. The Morgan fingerprint density at radius 1 is 1.38 bits per heavy atom. The van der Waals surface area contributed by atoms with Gasteiger partial charge in [-0.25, -0.2) is 0 Å². The number of hydrogen-bond acceptors (Lipinski definition) is 3. The molecule has 2 aromatic rings. The quantitative estimate of drug-likeness (QED) is 0.939. The van der Waals surface area contributed by atoms with Gasteiger partial charge in [-0.1, -0.05) is 0 Å². The smallest absolute Gasteiger partial charge is 0.222 e. The number of ether oxygens (including phenoxy) is 2. The summed E-state index contributed by atoms with van der Waals surface area (Å²) in [6, 6.07) is 6.06. The molecule has 128 valence electrons. The van der Waals surface area contributed by atoms with E-state index in [-0.39, 0.29) is 11.3 Å². The van der Waals surface area contributed by atoms with Crippen molar-refractivity contribution in [3.63, 3.8) is 0 Å². The van der Waals surface area contributed by atoms with Crippen molar-refractivity contribution in [2.45, 2.75) is 25.7 Å². The van der Waals surface area contributed by atoms with Gasteiger partial charge in [0.05, 0.1) is 13.7 Å². The Balaban J connectivity index is 1.48. The number of aromatic nitrogens is 1. The summed E-state index contributed by atoms with van der Waals surface area (Å²) >= 11 is 0. The molecule has 0 aliphatic carbocycles. The third-order valence-corrected chi connectivity index (χ3v) is 5.56. The predicted molar refractivity (Wildman–Crippen MR) is 92.2 cm³/mol. The maximum absolute atomic E-state index is 12.3. The zero-order valence-electron chi connectivity index (χ0n) is 14.1. The molecule has 0 bridgehead atoms. The van der Waals surface area contributed by atoms with E-state index < -0.39 is 0 Å². The van der Waals surface area contributed by atoms with Gasteiger partial charge in [0, 0.05) is 48.6 Å². The Labute approximate surface area is 141 Å². The second-order valence-corrected chi connectivity index (χ2v) is 7.09. The number of nitrogens with one attached hydrogen (secondary N) is 1. The molecule has 2 saturated heterocycles. The Kier molecular flexibility index (Phi) is 3.96. The lowest BCUT2D eigenvalue weighted by atomic mass is 9.79. The van der Waals surface area contributed by atoms with Crippen LogP contribution >= 0.6 is 0 Å². The van der Waals surface area contributed by atoms with Crippen molar-refractivity contribution < 1.29 is 14.3 Å². The normalized spacial score (nSPS) is 24.2. The Bertz CT molecular complexity index is 746. The third kappa shape index (κ3) is 2.77. The number of hydrogen-bond donors (Lipinski definition) is 1. The van der Waals surface area contributed by atoms with Gasteiger partial charge in [-0.3, -0.25) is 4.79 Å². The van der Waals surface area contributed by atoms with Crippen LogP contribution in [0.3, 0.4) is 0 Å². The van der Waals surface area contributed by atoms with E-state index in [2.05, 4.69) is 11.1 Å². The van der Waals surface area contributed by atoms with Crippen LogP contribution in [0.4, 0.5) is 0 Å². The van der Waals surface area contributed by atoms with E-state index in [1.165, 1.54) is 10.9 Å². The van der Waals surface area contributed by atoms with Crippen molar-refractivity contribution >= 4 is 16.8 Å². The number of fused-ring (bicyclic) bond motifs is 1. The van der Waals surface area contributed by atoms with Crippen molar-refractivity contribution in [3.8, 4) is 5.75 Å². The molecule has 0 radical (unpaired) electrons. The predicted octanol–water partition coefficient (Wildman–Crippen LogP) is 2.75. The highest BCUT2D eigenvalue weighted by atomic mass is 16.5. The van der Waals surface area contributed by atoms with Crippen molar-refractivity contribution in [2.75, 3.05) is 33.4 Å². The van der Waals surface area contributed by atoms with Gasteiger partial charge in [0.2, 0.25) is 5.91 Å². The minimum atomic E-state index is 0.206. The Morgan fingerprint density at radius 2 is 2.29 bits per heavy atom. The summed E-state index contributed by atoms with van der Waals surface area (Å²) in [5.41, 5.74) is 2.55. The van der Waals surface area contributed by atoms with Crippen LogP contribution in [0.5, 0.6) is 5.75 Å². The summed E-state index contributed by atoms with van der Waals surface area (Å²) in [4.78, 5) is 17.7. The third-order valence-electron chi connectivity index (χ3n) is 5.56. The zero-order chi connectivity index (χ0) is 16.6. The van der Waals surface area contributed by atoms with Crippen molar-refractivity contribution in [1.29, 1.82) is 0 Å². The molecule has 1 amide bonds. The van der Waals surface area contributed by atoms with Crippen LogP contribution in [0, 0.1) is 5.41 Å². The summed E-state index contributed by atoms with van der Waals surface area (Å²) in [5, 5.41) is 1.18. The first-order valence-corrected chi connectivity index (χ1v) is 8.69. The molecule has 3 heterocycles. The molecule has 2 aliphatic rings. The first-order valence-electron chi connectivity index (χ1n) is 8.69. The molecule has 5 heteroatoms. The fourth-order valence-electron chi connectivity index (χ4n) is 4.02. The number of aromatic amines is 1. The topological polar surface area (TPSA) is 54.6 Å². The number of likely N-dealkylation sites (tertiary alicyclic amines) is 1. The lowest BCUT2D eigenvalue weighted by Crippen LogP contribution is -2.47. The molecule has 2 fully saturated rings. The molecular formula is C19H24N2O3. The first kappa shape index (κ1) is 15.5. The fourth-order valence-corrected chi connectivity index (χ4v) is 4.02. The number of H-pyrrole nitrogens is 1. The molecule has 1 spiro atoms. The van der Waals surface area contributed by atoms with Crippen molar-refractivity contribution in [1.82, 2.24) is 9.88 Å². The minimum absolute atomic E-state index is 0.206. The molecule has 2 aliphatic heterocycles. The number of amides is 1. The maximum atomic E-state index is 12.3. The van der Waals surface area contributed by atoms with Crippen molar-refractivity contribution in [2.24, 2.45) is 5.41 Å². The van der Waals surface area contributed by atoms with E-state index in [9.17, 15) is 4.79 Å². The lowest BCUT2D eigenvalue weighted by Gasteiger charge is -2.39. The Hall–Kier alpha value is -2.01. The van der Waals surface area contributed by atoms with E-state index >= 15 is 0 Å². The monoisotopic (exact) mass is 328 g/mol. The number of benzene rings is 1. The molecule has 1 aromatic heterocycles. The number of methoxy groups -OCH3 is 1. The molecule has 1 atom stereocenters. The average Bonchev–Trinajstić information content (AvgIpc) is 3.22. The standard InChI is InChI=1S/C19H24N2O3/c1-23-15-2-3-17-16(10-15)14(11-20-17)5-8-21-12-19(6-4-18(21)22)7-9-24-13-19/h2-3,10-11,20H,4-9,12-13H2,1H3/t19-/m1/s1. The Morgan fingerprint density at radius 3 is 3.08 bits per heavy atom. The van der Waals surface area contributed by atoms with E-state index in [4.69, 9.17) is 9.47 Å². The fraction of sp³-hybridized carbons (Fsp3) is 0.526. The SMILES string of the molecule is COc1ccc2[nH]cc(CCN3C[C@]4(CCOC4)CCC3=O)c2c1. The van der Waals surface area contributed by atoms with Gasteiger partial charge in [0.15, 0.2) is 0 Å². The molecule has 4 rings (SSSR count). The molecule has 1 N–H and O–H groups in total. The summed E-state index contributed by atoms with van der Waals surface area (Å²) in [6.07, 6.45) is 5.63. The van der Waals surface area contributed by atoms with Crippen LogP contribution < -0.4 is 4.74 Å². The summed E-state index contributed by atoms with van der Waals surface area (Å²) in [6.45, 7) is 3.26. The highest BCUT2D eigenvalue weighted by Crippen LogP contribution is 2.38. The van der Waals surface area contributed by atoms with Crippen LogP contribution in [-0.2, 0) is 16.0 Å². The highest BCUT2D eigenvalue weighted by Gasteiger charge is 2.41.